The van der Waals surface area contributed by atoms with E-state index in [0.717, 1.165) is 55.8 Å². The summed E-state index contributed by atoms with van der Waals surface area (Å²) in [5, 5.41) is 3.44. The zero-order valence-corrected chi connectivity index (χ0v) is 14.3. The molecular weight excluding hydrogens is 306 g/mol. The number of nitrogens with one attached hydrogen (secondary N) is 1. The number of hydrogen-bond donors (Lipinski definition) is 1. The molecule has 0 saturated carbocycles. The van der Waals surface area contributed by atoms with Crippen molar-refractivity contribution in [3.8, 4) is 0 Å². The molecule has 0 amide bonds. The van der Waals surface area contributed by atoms with Crippen LogP contribution < -0.4 is 5.32 Å². The predicted octanol–water partition coefficient (Wildman–Crippen LogP) is 3.02. The molecule has 1 saturated heterocycles. The molecule has 4 nitrogen and oxygen atoms in total. The SMILES string of the molecule is CCOC1CCN(C(=NC)NCCc2ccc(Cl)s2)CC1. The van der Waals surface area contributed by atoms with Crippen molar-refractivity contribution in [2.75, 3.05) is 33.3 Å². The molecule has 1 aromatic heterocycles. The summed E-state index contributed by atoms with van der Waals surface area (Å²) in [5.74, 6) is 0.993. The number of nitrogens with zero attached hydrogens (tertiary/aromatic N) is 2. The highest BCUT2D eigenvalue weighted by molar-refractivity contribution is 7.16. The van der Waals surface area contributed by atoms with Gasteiger partial charge in [0.2, 0.25) is 0 Å². The van der Waals surface area contributed by atoms with E-state index < -0.39 is 0 Å². The fraction of sp³-hybridized carbons (Fsp3) is 0.667. The van der Waals surface area contributed by atoms with E-state index in [1.165, 1.54) is 4.88 Å². The number of likely N-dealkylation sites (tertiary alicyclic amines) is 1. The van der Waals surface area contributed by atoms with E-state index in [0.29, 0.717) is 6.10 Å². The van der Waals surface area contributed by atoms with Gasteiger partial charge < -0.3 is 15.0 Å². The minimum atomic E-state index is 0.414. The van der Waals surface area contributed by atoms with E-state index in [2.05, 4.69) is 28.2 Å². The predicted molar refractivity (Wildman–Crippen MR) is 90.6 cm³/mol. The molecule has 0 aromatic carbocycles. The third kappa shape index (κ3) is 5.16. The Kier molecular flexibility index (Phi) is 6.80. The Morgan fingerprint density at radius 3 is 2.81 bits per heavy atom. The van der Waals surface area contributed by atoms with Crippen LogP contribution in [0.5, 0.6) is 0 Å². The normalized spacial score (nSPS) is 17.3. The maximum atomic E-state index is 5.94. The molecule has 0 radical (unpaired) electrons. The van der Waals surface area contributed by atoms with Crippen molar-refractivity contribution in [3.05, 3.63) is 21.3 Å². The van der Waals surface area contributed by atoms with Crippen molar-refractivity contribution in [2.24, 2.45) is 4.99 Å². The molecule has 1 aliphatic heterocycles. The summed E-state index contributed by atoms with van der Waals surface area (Å²) in [5.41, 5.74) is 0. The minimum absolute atomic E-state index is 0.414. The maximum absolute atomic E-state index is 5.94. The minimum Gasteiger partial charge on any atom is -0.378 e. The van der Waals surface area contributed by atoms with Gasteiger partial charge in [0.05, 0.1) is 10.4 Å². The second-order valence-corrected chi connectivity index (χ2v) is 6.87. The van der Waals surface area contributed by atoms with Gasteiger partial charge in [0, 0.05) is 38.2 Å². The van der Waals surface area contributed by atoms with Gasteiger partial charge in [0.25, 0.3) is 0 Å². The van der Waals surface area contributed by atoms with Crippen molar-refractivity contribution >= 4 is 28.9 Å². The smallest absolute Gasteiger partial charge is 0.193 e. The number of rotatable bonds is 5. The molecule has 1 fully saturated rings. The average Bonchev–Trinajstić information content (AvgIpc) is 2.91. The van der Waals surface area contributed by atoms with Crippen LogP contribution >= 0.6 is 22.9 Å². The standard InChI is InChI=1S/C15H24ClN3OS/c1-3-20-12-7-10-19(11-8-12)15(17-2)18-9-6-13-4-5-14(16)21-13/h4-5,12H,3,6-11H2,1-2H3,(H,17,18). The van der Waals surface area contributed by atoms with Crippen LogP contribution in [-0.2, 0) is 11.2 Å². The van der Waals surface area contributed by atoms with Crippen LogP contribution in [0.3, 0.4) is 0 Å². The Labute approximate surface area is 136 Å². The summed E-state index contributed by atoms with van der Waals surface area (Å²) in [6.45, 7) is 5.77. The summed E-state index contributed by atoms with van der Waals surface area (Å²) in [6.07, 6.45) is 3.55. The zero-order chi connectivity index (χ0) is 15.1. The van der Waals surface area contributed by atoms with E-state index in [1.54, 1.807) is 11.3 Å². The number of aliphatic imine (C=N–C) groups is 1. The molecule has 0 atom stereocenters. The summed E-state index contributed by atoms with van der Waals surface area (Å²) in [4.78, 5) is 8.01. The highest BCUT2D eigenvalue weighted by atomic mass is 35.5. The van der Waals surface area contributed by atoms with Crippen LogP contribution in [0.15, 0.2) is 17.1 Å². The fourth-order valence-corrected chi connectivity index (χ4v) is 3.67. The molecule has 6 heteroatoms. The number of guanidine groups is 1. The number of thiophene rings is 1. The molecule has 0 bridgehead atoms. The fourth-order valence-electron chi connectivity index (χ4n) is 2.59. The maximum Gasteiger partial charge on any atom is 0.193 e. The molecule has 0 spiro atoms. The first kappa shape index (κ1) is 16.6. The van der Waals surface area contributed by atoms with Crippen molar-refractivity contribution in [2.45, 2.75) is 32.3 Å². The zero-order valence-electron chi connectivity index (χ0n) is 12.8. The van der Waals surface area contributed by atoms with E-state index in [1.807, 2.05) is 13.1 Å². The van der Waals surface area contributed by atoms with E-state index in [9.17, 15) is 0 Å². The van der Waals surface area contributed by atoms with Crippen LogP contribution in [0.1, 0.15) is 24.6 Å². The van der Waals surface area contributed by atoms with Crippen molar-refractivity contribution < 1.29 is 4.74 Å². The van der Waals surface area contributed by atoms with Crippen molar-refractivity contribution in [3.63, 3.8) is 0 Å². The Bertz CT molecular complexity index is 456. The lowest BCUT2D eigenvalue weighted by atomic mass is 10.1. The van der Waals surface area contributed by atoms with Gasteiger partial charge in [-0.3, -0.25) is 4.99 Å². The van der Waals surface area contributed by atoms with Crippen molar-refractivity contribution in [1.29, 1.82) is 0 Å². The highest BCUT2D eigenvalue weighted by Crippen LogP contribution is 2.21. The first-order chi connectivity index (χ1) is 10.2. The lowest BCUT2D eigenvalue weighted by Gasteiger charge is -2.34. The Morgan fingerprint density at radius 1 is 1.48 bits per heavy atom. The quantitative estimate of drug-likeness (QED) is 0.666. The molecule has 0 unspecified atom stereocenters. The Balaban J connectivity index is 1.73. The van der Waals surface area contributed by atoms with Crippen molar-refractivity contribution in [1.82, 2.24) is 10.2 Å². The lowest BCUT2D eigenvalue weighted by Crippen LogP contribution is -2.47. The van der Waals surface area contributed by atoms with Gasteiger partial charge in [0.15, 0.2) is 5.96 Å². The monoisotopic (exact) mass is 329 g/mol. The topological polar surface area (TPSA) is 36.9 Å². The van der Waals surface area contributed by atoms with Gasteiger partial charge in [-0.25, -0.2) is 0 Å². The second kappa shape index (κ2) is 8.61. The summed E-state index contributed by atoms with van der Waals surface area (Å²) in [7, 11) is 1.85. The number of halogens is 1. The average molecular weight is 330 g/mol. The number of hydrogen-bond acceptors (Lipinski definition) is 3. The van der Waals surface area contributed by atoms with Gasteiger partial charge in [-0.2, -0.15) is 0 Å². The molecule has 0 aliphatic carbocycles. The van der Waals surface area contributed by atoms with Gasteiger partial charge in [-0.15, -0.1) is 11.3 Å². The van der Waals surface area contributed by atoms with Crippen LogP contribution in [0.2, 0.25) is 4.34 Å². The summed E-state index contributed by atoms with van der Waals surface area (Å²) in [6, 6.07) is 4.04. The van der Waals surface area contributed by atoms with Crippen LogP contribution in [0.4, 0.5) is 0 Å². The third-order valence-corrected chi connectivity index (χ3v) is 4.93. The number of piperidine rings is 1. The van der Waals surface area contributed by atoms with Gasteiger partial charge >= 0.3 is 0 Å². The Hall–Kier alpha value is -0.780. The van der Waals surface area contributed by atoms with E-state index >= 15 is 0 Å². The molecule has 2 rings (SSSR count). The first-order valence-corrected chi connectivity index (χ1v) is 8.73. The lowest BCUT2D eigenvalue weighted by molar-refractivity contribution is 0.0264. The molecule has 2 heterocycles. The number of ether oxygens (including phenoxy) is 1. The molecule has 21 heavy (non-hydrogen) atoms. The highest BCUT2D eigenvalue weighted by Gasteiger charge is 2.21. The molecule has 1 aromatic rings. The molecule has 1 aliphatic rings. The molecule has 1 N–H and O–H groups in total. The summed E-state index contributed by atoms with van der Waals surface area (Å²) < 4.78 is 6.54. The second-order valence-electron chi connectivity index (χ2n) is 5.07. The van der Waals surface area contributed by atoms with E-state index in [-0.39, 0.29) is 0 Å². The van der Waals surface area contributed by atoms with Crippen LogP contribution in [-0.4, -0.2) is 50.3 Å². The largest absolute Gasteiger partial charge is 0.378 e. The van der Waals surface area contributed by atoms with Gasteiger partial charge in [-0.05, 0) is 38.3 Å². The van der Waals surface area contributed by atoms with Crippen LogP contribution in [0, 0.1) is 0 Å². The first-order valence-electron chi connectivity index (χ1n) is 7.54. The van der Waals surface area contributed by atoms with E-state index in [4.69, 9.17) is 16.3 Å². The summed E-state index contributed by atoms with van der Waals surface area (Å²) >= 11 is 7.59. The van der Waals surface area contributed by atoms with Crippen LogP contribution in [0.25, 0.3) is 0 Å². The van der Waals surface area contributed by atoms with Gasteiger partial charge in [-0.1, -0.05) is 11.6 Å². The molecule has 118 valence electrons. The Morgan fingerprint density at radius 2 is 2.24 bits per heavy atom. The third-order valence-electron chi connectivity index (χ3n) is 3.64. The van der Waals surface area contributed by atoms with Gasteiger partial charge in [0.1, 0.15) is 0 Å². The molecular formula is C15H24ClN3OS.